The van der Waals surface area contributed by atoms with Gasteiger partial charge in [-0.3, -0.25) is 19.5 Å². The van der Waals surface area contributed by atoms with Crippen LogP contribution in [0.3, 0.4) is 0 Å². The molecular formula is C32H44N6O3. The number of hydrogen-bond acceptors (Lipinski definition) is 5. The van der Waals surface area contributed by atoms with Crippen LogP contribution in [0.4, 0.5) is 0 Å². The molecule has 3 N–H and O–H groups in total. The molecule has 1 saturated heterocycles. The number of H-pyrrole nitrogens is 1. The lowest BCUT2D eigenvalue weighted by Gasteiger charge is -2.37. The Bertz CT molecular complexity index is 1420. The number of imidazole rings is 1. The molecule has 1 aromatic carbocycles. The van der Waals surface area contributed by atoms with Gasteiger partial charge in [-0.25, -0.2) is 0 Å². The Morgan fingerprint density at radius 1 is 1.12 bits per heavy atom. The third-order valence-electron chi connectivity index (χ3n) is 8.77. The summed E-state index contributed by atoms with van der Waals surface area (Å²) in [5.41, 5.74) is 3.52. The number of hydrogen-bond donors (Lipinski definition) is 3. The summed E-state index contributed by atoms with van der Waals surface area (Å²) in [4.78, 5) is 40.2. The minimum Gasteiger partial charge on any atom is -0.390 e. The van der Waals surface area contributed by atoms with Gasteiger partial charge in [-0.1, -0.05) is 6.07 Å². The number of fused-ring (bicyclic) bond motifs is 1. The third-order valence-corrected chi connectivity index (χ3v) is 8.77. The van der Waals surface area contributed by atoms with Crippen LogP contribution < -0.4 is 10.9 Å². The van der Waals surface area contributed by atoms with Crippen LogP contribution in [-0.2, 0) is 11.3 Å². The van der Waals surface area contributed by atoms with Gasteiger partial charge in [-0.2, -0.15) is 4.99 Å². The molecule has 5 rings (SSSR count). The van der Waals surface area contributed by atoms with E-state index in [0.717, 1.165) is 69.2 Å². The van der Waals surface area contributed by atoms with E-state index >= 15 is 0 Å². The maximum absolute atomic E-state index is 13.1. The quantitative estimate of drug-likeness (QED) is 0.398. The molecule has 1 aliphatic heterocycles. The van der Waals surface area contributed by atoms with Crippen molar-refractivity contribution in [2.45, 2.75) is 90.4 Å². The number of carbonyl (C=O) groups excluding carboxylic acids is 2. The van der Waals surface area contributed by atoms with Crippen molar-refractivity contribution in [1.82, 2.24) is 24.8 Å². The number of likely N-dealkylation sites (tertiary alicyclic amines) is 1. The number of benzene rings is 1. The molecule has 220 valence electrons. The lowest BCUT2D eigenvalue weighted by molar-refractivity contribution is -0.126. The van der Waals surface area contributed by atoms with Crippen molar-refractivity contribution < 1.29 is 14.7 Å². The number of nitrogens with one attached hydrogen (secondary N) is 2. The van der Waals surface area contributed by atoms with Gasteiger partial charge >= 0.3 is 0 Å². The van der Waals surface area contributed by atoms with E-state index < -0.39 is 5.60 Å². The Hall–Kier alpha value is -3.30. The van der Waals surface area contributed by atoms with Crippen LogP contribution in [0.2, 0.25) is 0 Å². The maximum Gasteiger partial charge on any atom is 0.281 e. The lowest BCUT2D eigenvalue weighted by Crippen LogP contribution is -2.41. The predicted octanol–water partition coefficient (Wildman–Crippen LogP) is 4.34. The molecular weight excluding hydrogens is 516 g/mol. The lowest BCUT2D eigenvalue weighted by atomic mass is 9.83. The second-order valence-corrected chi connectivity index (χ2v) is 12.7. The highest BCUT2D eigenvalue weighted by molar-refractivity contribution is 5.94. The van der Waals surface area contributed by atoms with E-state index in [4.69, 9.17) is 0 Å². The molecule has 2 fully saturated rings. The van der Waals surface area contributed by atoms with Gasteiger partial charge < -0.3 is 20.0 Å². The maximum atomic E-state index is 13.1. The van der Waals surface area contributed by atoms with Crippen molar-refractivity contribution >= 4 is 22.8 Å². The Balaban J connectivity index is 1.43. The van der Waals surface area contributed by atoms with Gasteiger partial charge in [0, 0.05) is 36.9 Å². The normalized spacial score (nSPS) is 21.5. The molecule has 2 aromatic heterocycles. The minimum atomic E-state index is -0.636. The van der Waals surface area contributed by atoms with E-state index in [0.29, 0.717) is 17.1 Å². The zero-order valence-corrected chi connectivity index (χ0v) is 24.8. The highest BCUT2D eigenvalue weighted by atomic mass is 16.3. The van der Waals surface area contributed by atoms with E-state index in [1.54, 1.807) is 18.3 Å². The van der Waals surface area contributed by atoms with Gasteiger partial charge in [-0.15, -0.1) is 0 Å². The molecule has 0 spiro atoms. The van der Waals surface area contributed by atoms with Gasteiger partial charge in [0.15, 0.2) is 0 Å². The highest BCUT2D eigenvalue weighted by Crippen LogP contribution is 2.34. The number of amides is 2. The van der Waals surface area contributed by atoms with E-state index in [9.17, 15) is 14.7 Å². The molecule has 9 heteroatoms. The number of pyridine rings is 1. The first-order chi connectivity index (χ1) is 19.6. The Labute approximate surface area is 242 Å². The van der Waals surface area contributed by atoms with E-state index in [-0.39, 0.29) is 29.8 Å². The second-order valence-electron chi connectivity index (χ2n) is 12.7. The molecule has 1 aliphatic carbocycles. The van der Waals surface area contributed by atoms with Crippen LogP contribution >= 0.6 is 0 Å². The summed E-state index contributed by atoms with van der Waals surface area (Å²) in [6, 6.07) is 10.2. The summed E-state index contributed by atoms with van der Waals surface area (Å²) in [7, 11) is 0. The van der Waals surface area contributed by atoms with Crippen molar-refractivity contribution in [3.63, 3.8) is 0 Å². The Morgan fingerprint density at radius 3 is 2.49 bits per heavy atom. The van der Waals surface area contributed by atoms with Gasteiger partial charge in [0.2, 0.25) is 11.5 Å². The molecule has 9 nitrogen and oxygen atoms in total. The number of carbonyl (C=O) groups is 2. The Kier molecular flexibility index (Phi) is 8.75. The van der Waals surface area contributed by atoms with Crippen molar-refractivity contribution in [3.8, 4) is 0 Å². The Morgan fingerprint density at radius 2 is 1.85 bits per heavy atom. The number of aromatic nitrogens is 3. The largest absolute Gasteiger partial charge is 0.390 e. The number of aliphatic hydroxyl groups is 1. The zero-order valence-electron chi connectivity index (χ0n) is 24.8. The molecule has 0 atom stereocenters. The average molecular weight is 561 g/mol. The van der Waals surface area contributed by atoms with Crippen LogP contribution in [-0.4, -0.2) is 61.1 Å². The van der Waals surface area contributed by atoms with Crippen molar-refractivity contribution in [2.75, 3.05) is 13.1 Å². The highest BCUT2D eigenvalue weighted by Gasteiger charge is 2.31. The predicted molar refractivity (Wildman–Crippen MR) is 159 cm³/mol. The first-order valence-corrected chi connectivity index (χ1v) is 15.1. The zero-order chi connectivity index (χ0) is 29.1. The van der Waals surface area contributed by atoms with Crippen LogP contribution in [0.1, 0.15) is 88.2 Å². The standard InChI is InChI=1S/C32H44N6O3/c1-21(2)34-29(39)23-8-10-26(11-9-23)38-28-18-22(20-37-16-13-25(14-17-37)32(3,4)41)7-12-27(28)35-31(38)36-30(40)24-6-5-15-33-19-24/h5-7,12,15,18-19,21,23,25-26,41H,8-11,13-14,16-17,20H2,1-4H3,(H,34,39)(H,35,36,40)/t23-,26+. The average Bonchev–Trinajstić information content (AvgIpc) is 3.30. The van der Waals surface area contributed by atoms with Gasteiger partial charge in [0.1, 0.15) is 0 Å². The smallest absolute Gasteiger partial charge is 0.281 e. The van der Waals surface area contributed by atoms with Crippen LogP contribution in [0.5, 0.6) is 0 Å². The summed E-state index contributed by atoms with van der Waals surface area (Å²) in [5.74, 6) is 0.138. The summed E-state index contributed by atoms with van der Waals surface area (Å²) in [6.07, 6.45) is 8.44. The SMILES string of the molecule is CC(C)NC(=O)[C@H]1CC[C@@H](n2/c(=N/C(=O)c3cccnc3)[nH]c3ccc(CN4CCC(C(C)(C)O)CC4)cc32)CC1. The van der Waals surface area contributed by atoms with Crippen LogP contribution in [0.25, 0.3) is 11.0 Å². The molecule has 0 unspecified atom stereocenters. The monoisotopic (exact) mass is 560 g/mol. The number of aromatic amines is 1. The molecule has 1 saturated carbocycles. The van der Waals surface area contributed by atoms with Crippen molar-refractivity contribution in [2.24, 2.45) is 16.8 Å². The number of nitrogens with zero attached hydrogens (tertiary/aromatic N) is 4. The molecule has 3 heterocycles. The molecule has 2 amide bonds. The second kappa shape index (κ2) is 12.3. The summed E-state index contributed by atoms with van der Waals surface area (Å²) in [6.45, 7) is 10.6. The summed E-state index contributed by atoms with van der Waals surface area (Å²) in [5, 5.41) is 13.5. The van der Waals surface area contributed by atoms with Crippen LogP contribution in [0, 0.1) is 11.8 Å². The number of rotatable bonds is 7. The molecule has 0 radical (unpaired) electrons. The minimum absolute atomic E-state index is 0.0132. The van der Waals surface area contributed by atoms with Gasteiger partial charge in [-0.05, 0) is 115 Å². The van der Waals surface area contributed by atoms with E-state index in [1.807, 2.05) is 27.7 Å². The van der Waals surface area contributed by atoms with Crippen molar-refractivity contribution in [3.05, 3.63) is 59.5 Å². The molecule has 3 aromatic rings. The van der Waals surface area contributed by atoms with E-state index in [1.165, 1.54) is 11.8 Å². The topological polar surface area (TPSA) is 116 Å². The van der Waals surface area contributed by atoms with Crippen LogP contribution in [0.15, 0.2) is 47.7 Å². The number of piperidine rings is 1. The van der Waals surface area contributed by atoms with E-state index in [2.05, 4.69) is 47.9 Å². The fourth-order valence-electron chi connectivity index (χ4n) is 6.43. The third kappa shape index (κ3) is 6.96. The first-order valence-electron chi connectivity index (χ1n) is 15.1. The van der Waals surface area contributed by atoms with Gasteiger partial charge in [0.05, 0.1) is 22.2 Å². The van der Waals surface area contributed by atoms with Crippen molar-refractivity contribution in [1.29, 1.82) is 0 Å². The summed E-state index contributed by atoms with van der Waals surface area (Å²) < 4.78 is 2.18. The fourth-order valence-corrected chi connectivity index (χ4v) is 6.43. The summed E-state index contributed by atoms with van der Waals surface area (Å²) >= 11 is 0. The molecule has 41 heavy (non-hydrogen) atoms. The molecule has 0 bridgehead atoms. The fraction of sp³-hybridized carbons (Fsp3) is 0.562. The first kappa shape index (κ1) is 29.2. The molecule has 2 aliphatic rings. The van der Waals surface area contributed by atoms with Gasteiger partial charge in [0.25, 0.3) is 5.91 Å².